The van der Waals surface area contributed by atoms with Gasteiger partial charge in [-0.3, -0.25) is 9.59 Å². The molecule has 1 saturated heterocycles. The number of carbonyl (C=O) groups is 2. The van der Waals surface area contributed by atoms with Crippen molar-refractivity contribution in [2.75, 3.05) is 18.5 Å². The Morgan fingerprint density at radius 2 is 2.15 bits per heavy atom. The molecule has 1 aliphatic heterocycles. The average Bonchev–Trinajstić information content (AvgIpc) is 3.19. The monoisotopic (exact) mass is 375 g/mol. The summed E-state index contributed by atoms with van der Waals surface area (Å²) >= 11 is 1.41. The van der Waals surface area contributed by atoms with Gasteiger partial charge in [0.05, 0.1) is 16.8 Å². The van der Waals surface area contributed by atoms with Crippen LogP contribution in [0.3, 0.4) is 0 Å². The Bertz CT molecular complexity index is 825. The standard InChI is InChI=1S/C19H25N3O3S/c1-5-25-12-8-9-13-15(11-12)26-18(20-13)21-16(23)14-7-6-10-22(14)17(24)19(2,3)4/h8-9,11,14H,5-7,10H2,1-4H3,(H,20,21,23). The average molecular weight is 375 g/mol. The molecule has 2 amide bonds. The lowest BCUT2D eigenvalue weighted by molar-refractivity contribution is -0.143. The smallest absolute Gasteiger partial charge is 0.248 e. The number of amides is 2. The molecule has 1 aromatic carbocycles. The Kier molecular flexibility index (Phi) is 5.18. The van der Waals surface area contributed by atoms with Crippen molar-refractivity contribution in [2.24, 2.45) is 5.41 Å². The number of ether oxygens (including phenoxy) is 1. The normalized spacial score (nSPS) is 17.5. The zero-order chi connectivity index (χ0) is 18.9. The van der Waals surface area contributed by atoms with E-state index in [9.17, 15) is 9.59 Å². The summed E-state index contributed by atoms with van der Waals surface area (Å²) in [6, 6.07) is 5.26. The van der Waals surface area contributed by atoms with E-state index < -0.39 is 11.5 Å². The molecule has 7 heteroatoms. The van der Waals surface area contributed by atoms with Crippen LogP contribution in [-0.2, 0) is 9.59 Å². The molecule has 6 nitrogen and oxygen atoms in total. The van der Waals surface area contributed by atoms with Crippen LogP contribution in [0.25, 0.3) is 10.2 Å². The lowest BCUT2D eigenvalue weighted by atomic mass is 9.94. The summed E-state index contributed by atoms with van der Waals surface area (Å²) in [6.07, 6.45) is 1.53. The Labute approximate surface area is 157 Å². The first-order valence-electron chi connectivity index (χ1n) is 8.95. The minimum atomic E-state index is -0.492. The van der Waals surface area contributed by atoms with Crippen molar-refractivity contribution < 1.29 is 14.3 Å². The van der Waals surface area contributed by atoms with Gasteiger partial charge in [-0.2, -0.15) is 0 Å². The molecule has 26 heavy (non-hydrogen) atoms. The van der Waals surface area contributed by atoms with Crippen molar-refractivity contribution in [2.45, 2.75) is 46.6 Å². The van der Waals surface area contributed by atoms with Gasteiger partial charge in [-0.25, -0.2) is 4.98 Å². The molecule has 2 aromatic rings. The van der Waals surface area contributed by atoms with E-state index in [2.05, 4.69) is 10.3 Å². The maximum absolute atomic E-state index is 12.7. The largest absolute Gasteiger partial charge is 0.494 e. The van der Waals surface area contributed by atoms with Crippen molar-refractivity contribution in [1.82, 2.24) is 9.88 Å². The first kappa shape index (κ1) is 18.6. The van der Waals surface area contributed by atoms with Crippen molar-refractivity contribution in [1.29, 1.82) is 0 Å². The van der Waals surface area contributed by atoms with E-state index in [4.69, 9.17) is 4.74 Å². The van der Waals surface area contributed by atoms with Crippen LogP contribution in [0, 0.1) is 5.41 Å². The SMILES string of the molecule is CCOc1ccc2nc(NC(=O)C3CCCN3C(=O)C(C)(C)C)sc2c1. The van der Waals surface area contributed by atoms with Crippen LogP contribution >= 0.6 is 11.3 Å². The number of anilines is 1. The van der Waals surface area contributed by atoms with Crippen molar-refractivity contribution >= 4 is 38.5 Å². The molecule has 1 fully saturated rings. The second kappa shape index (κ2) is 7.23. The maximum atomic E-state index is 12.7. The number of carbonyl (C=O) groups excluding carboxylic acids is 2. The van der Waals surface area contributed by atoms with Gasteiger partial charge >= 0.3 is 0 Å². The molecule has 0 radical (unpaired) electrons. The maximum Gasteiger partial charge on any atom is 0.248 e. The third-order valence-electron chi connectivity index (χ3n) is 4.36. The van der Waals surface area contributed by atoms with Crippen LogP contribution in [0.2, 0.25) is 0 Å². The lowest BCUT2D eigenvalue weighted by Crippen LogP contribution is -2.47. The molecule has 140 valence electrons. The highest BCUT2D eigenvalue weighted by Crippen LogP contribution is 2.31. The van der Waals surface area contributed by atoms with Gasteiger partial charge in [-0.1, -0.05) is 32.1 Å². The van der Waals surface area contributed by atoms with Gasteiger partial charge in [-0.15, -0.1) is 0 Å². The van der Waals surface area contributed by atoms with Gasteiger partial charge in [0, 0.05) is 12.0 Å². The fourth-order valence-corrected chi connectivity index (χ4v) is 4.01. The summed E-state index contributed by atoms with van der Waals surface area (Å²) in [4.78, 5) is 31.5. The quantitative estimate of drug-likeness (QED) is 0.885. The van der Waals surface area contributed by atoms with E-state index in [0.29, 0.717) is 24.7 Å². The molecule has 0 saturated carbocycles. The number of aromatic nitrogens is 1. The number of thiazole rings is 1. The van der Waals surface area contributed by atoms with Crippen LogP contribution in [0.4, 0.5) is 5.13 Å². The number of nitrogens with zero attached hydrogens (tertiary/aromatic N) is 2. The number of hydrogen-bond donors (Lipinski definition) is 1. The predicted octanol–water partition coefficient (Wildman–Crippen LogP) is 3.67. The number of likely N-dealkylation sites (tertiary alicyclic amines) is 1. The number of benzene rings is 1. The zero-order valence-electron chi connectivity index (χ0n) is 15.7. The predicted molar refractivity (Wildman–Crippen MR) is 104 cm³/mol. The van der Waals surface area contributed by atoms with Crippen LogP contribution in [0.15, 0.2) is 18.2 Å². The van der Waals surface area contributed by atoms with E-state index in [-0.39, 0.29) is 11.8 Å². The minimum absolute atomic E-state index is 0.0146. The van der Waals surface area contributed by atoms with Gasteiger partial charge in [0.2, 0.25) is 11.8 Å². The minimum Gasteiger partial charge on any atom is -0.494 e. The lowest BCUT2D eigenvalue weighted by Gasteiger charge is -2.30. The van der Waals surface area contributed by atoms with Crippen molar-refractivity contribution in [3.63, 3.8) is 0 Å². The number of nitrogens with one attached hydrogen (secondary N) is 1. The van der Waals surface area contributed by atoms with E-state index in [1.54, 1.807) is 4.90 Å². The number of hydrogen-bond acceptors (Lipinski definition) is 5. The summed E-state index contributed by atoms with van der Waals surface area (Å²) in [5.41, 5.74) is 0.330. The second-order valence-electron chi connectivity index (χ2n) is 7.48. The van der Waals surface area contributed by atoms with Crippen LogP contribution in [0.5, 0.6) is 5.75 Å². The van der Waals surface area contributed by atoms with Gasteiger partial charge in [0.25, 0.3) is 0 Å². The molecular formula is C19H25N3O3S. The fraction of sp³-hybridized carbons (Fsp3) is 0.526. The zero-order valence-corrected chi connectivity index (χ0v) is 16.5. The molecule has 2 heterocycles. The van der Waals surface area contributed by atoms with Crippen LogP contribution in [0.1, 0.15) is 40.5 Å². The van der Waals surface area contributed by atoms with Crippen molar-refractivity contribution in [3.05, 3.63) is 18.2 Å². The molecule has 0 bridgehead atoms. The van der Waals surface area contributed by atoms with E-state index >= 15 is 0 Å². The van der Waals surface area contributed by atoms with Crippen molar-refractivity contribution in [3.8, 4) is 5.75 Å². The van der Waals surface area contributed by atoms with Gasteiger partial charge in [-0.05, 0) is 38.0 Å². The molecule has 1 aromatic heterocycles. The topological polar surface area (TPSA) is 71.5 Å². The van der Waals surface area contributed by atoms with Gasteiger partial charge in [0.1, 0.15) is 11.8 Å². The third-order valence-corrected chi connectivity index (χ3v) is 5.29. The molecule has 1 N–H and O–H groups in total. The molecular weight excluding hydrogens is 350 g/mol. The molecule has 0 aliphatic carbocycles. The molecule has 1 aliphatic rings. The number of fused-ring (bicyclic) bond motifs is 1. The van der Waals surface area contributed by atoms with Crippen LogP contribution in [-0.4, -0.2) is 40.9 Å². The summed E-state index contributed by atoms with van der Waals surface area (Å²) < 4.78 is 6.46. The first-order chi connectivity index (χ1) is 12.3. The van der Waals surface area contributed by atoms with Gasteiger partial charge in [0.15, 0.2) is 5.13 Å². The highest BCUT2D eigenvalue weighted by Gasteiger charge is 2.38. The summed E-state index contributed by atoms with van der Waals surface area (Å²) in [6.45, 7) is 8.82. The fourth-order valence-electron chi connectivity index (χ4n) is 3.12. The summed E-state index contributed by atoms with van der Waals surface area (Å²) in [5, 5.41) is 3.44. The molecule has 0 spiro atoms. The number of rotatable bonds is 4. The third kappa shape index (κ3) is 3.82. The Balaban J connectivity index is 1.74. The molecule has 1 unspecified atom stereocenters. The Morgan fingerprint density at radius 3 is 2.85 bits per heavy atom. The Morgan fingerprint density at radius 1 is 1.38 bits per heavy atom. The molecule has 1 atom stereocenters. The van der Waals surface area contributed by atoms with Crippen LogP contribution < -0.4 is 10.1 Å². The highest BCUT2D eigenvalue weighted by atomic mass is 32.1. The summed E-state index contributed by atoms with van der Waals surface area (Å²) in [5.74, 6) is 0.643. The summed E-state index contributed by atoms with van der Waals surface area (Å²) in [7, 11) is 0. The molecule has 3 rings (SSSR count). The second-order valence-corrected chi connectivity index (χ2v) is 8.51. The van der Waals surface area contributed by atoms with Gasteiger partial charge < -0.3 is 15.0 Å². The van der Waals surface area contributed by atoms with E-state index in [0.717, 1.165) is 22.4 Å². The van der Waals surface area contributed by atoms with E-state index in [1.807, 2.05) is 45.9 Å². The van der Waals surface area contributed by atoms with E-state index in [1.165, 1.54) is 11.3 Å². The highest BCUT2D eigenvalue weighted by molar-refractivity contribution is 7.22. The first-order valence-corrected chi connectivity index (χ1v) is 9.76. The Hall–Kier alpha value is -2.15.